The van der Waals surface area contributed by atoms with E-state index in [1.54, 1.807) is 42.5 Å². The second-order valence-electron chi connectivity index (χ2n) is 8.03. The molecule has 5 nitrogen and oxygen atoms in total. The van der Waals surface area contributed by atoms with E-state index in [-0.39, 0.29) is 17.7 Å². The Labute approximate surface area is 204 Å². The highest BCUT2D eigenvalue weighted by Gasteiger charge is 2.46. The molecular formula is C30H26N2O3. The van der Waals surface area contributed by atoms with Crippen molar-refractivity contribution >= 4 is 29.0 Å². The Bertz CT molecular complexity index is 1330. The number of hydrogen-bond donors (Lipinski definition) is 2. The van der Waals surface area contributed by atoms with Gasteiger partial charge in [0.05, 0.1) is 0 Å². The SMILES string of the molecule is Nc1ccccc1C(=O)/C=C/c1ccccc1.Nc1ccccc1C(=O)[C@@H]1OC1c1ccccc1. The fraction of sp³-hybridized carbons (Fsp3) is 0.0667. The van der Waals surface area contributed by atoms with Crippen molar-refractivity contribution in [1.29, 1.82) is 0 Å². The third kappa shape index (κ3) is 6.10. The molecule has 1 saturated heterocycles. The number of hydrogen-bond acceptors (Lipinski definition) is 5. The van der Waals surface area contributed by atoms with Crippen LogP contribution in [0.25, 0.3) is 6.08 Å². The lowest BCUT2D eigenvalue weighted by Gasteiger charge is -2.01. The van der Waals surface area contributed by atoms with Crippen LogP contribution in [-0.4, -0.2) is 17.7 Å². The molecule has 1 heterocycles. The molecule has 0 amide bonds. The van der Waals surface area contributed by atoms with Crippen LogP contribution in [0.1, 0.15) is 37.9 Å². The predicted octanol–water partition coefficient (Wildman–Crippen LogP) is 5.76. The van der Waals surface area contributed by atoms with Crippen molar-refractivity contribution in [2.75, 3.05) is 11.5 Å². The molecule has 4 aromatic rings. The number of ketones is 2. The zero-order valence-corrected chi connectivity index (χ0v) is 19.1. The van der Waals surface area contributed by atoms with Crippen LogP contribution in [0.3, 0.4) is 0 Å². The maximum atomic E-state index is 12.2. The monoisotopic (exact) mass is 462 g/mol. The Kier molecular flexibility index (Phi) is 7.50. The zero-order valence-electron chi connectivity index (χ0n) is 19.1. The summed E-state index contributed by atoms with van der Waals surface area (Å²) in [6.07, 6.45) is 2.81. The lowest BCUT2D eigenvalue weighted by Crippen LogP contribution is -2.10. The van der Waals surface area contributed by atoms with Gasteiger partial charge in [0, 0.05) is 22.5 Å². The molecule has 1 fully saturated rings. The van der Waals surface area contributed by atoms with E-state index >= 15 is 0 Å². The van der Waals surface area contributed by atoms with Gasteiger partial charge in [-0.3, -0.25) is 9.59 Å². The fourth-order valence-electron chi connectivity index (χ4n) is 3.63. The number of allylic oxidation sites excluding steroid dienone is 1. The molecule has 35 heavy (non-hydrogen) atoms. The first-order valence-corrected chi connectivity index (χ1v) is 11.3. The fourth-order valence-corrected chi connectivity index (χ4v) is 3.63. The number of rotatable bonds is 6. The van der Waals surface area contributed by atoms with Crippen LogP contribution in [-0.2, 0) is 4.74 Å². The van der Waals surface area contributed by atoms with Gasteiger partial charge in [0.15, 0.2) is 17.7 Å². The van der Waals surface area contributed by atoms with Crippen LogP contribution < -0.4 is 11.5 Å². The molecule has 0 spiro atoms. The molecule has 4 aromatic carbocycles. The summed E-state index contributed by atoms with van der Waals surface area (Å²) in [6, 6.07) is 33.6. The second kappa shape index (κ2) is 11.1. The third-order valence-electron chi connectivity index (χ3n) is 5.56. The zero-order chi connectivity index (χ0) is 24.6. The van der Waals surface area contributed by atoms with Gasteiger partial charge in [-0.25, -0.2) is 0 Å². The molecule has 4 N–H and O–H groups in total. The summed E-state index contributed by atoms with van der Waals surface area (Å²) in [5.74, 6) is -0.117. The molecular weight excluding hydrogens is 436 g/mol. The Morgan fingerprint density at radius 3 is 1.77 bits per heavy atom. The van der Waals surface area contributed by atoms with Gasteiger partial charge in [0.2, 0.25) is 0 Å². The lowest BCUT2D eigenvalue weighted by atomic mass is 10.0. The van der Waals surface area contributed by atoms with E-state index in [9.17, 15) is 9.59 Å². The number of epoxide rings is 1. The van der Waals surface area contributed by atoms with Crippen molar-refractivity contribution in [3.8, 4) is 0 Å². The quantitative estimate of drug-likeness (QED) is 0.164. The van der Waals surface area contributed by atoms with Crippen molar-refractivity contribution in [2.24, 2.45) is 0 Å². The van der Waals surface area contributed by atoms with Crippen molar-refractivity contribution in [1.82, 2.24) is 0 Å². The molecule has 0 radical (unpaired) electrons. The predicted molar refractivity (Wildman–Crippen MR) is 140 cm³/mol. The number of Topliss-reactive ketones (excluding diaryl/α,β-unsaturated/α-hetero) is 1. The maximum absolute atomic E-state index is 12.2. The van der Waals surface area contributed by atoms with Crippen LogP contribution in [0, 0.1) is 0 Å². The van der Waals surface area contributed by atoms with Gasteiger partial charge in [-0.05, 0) is 41.5 Å². The average Bonchev–Trinajstić information content (AvgIpc) is 3.70. The van der Waals surface area contributed by atoms with Crippen LogP contribution in [0.4, 0.5) is 11.4 Å². The summed E-state index contributed by atoms with van der Waals surface area (Å²) < 4.78 is 5.47. The van der Waals surface area contributed by atoms with E-state index in [1.165, 1.54) is 0 Å². The number of anilines is 2. The maximum Gasteiger partial charge on any atom is 0.196 e. The molecule has 174 valence electrons. The molecule has 0 aromatic heterocycles. The number of carbonyl (C=O) groups is 2. The molecule has 1 aliphatic heterocycles. The van der Waals surface area contributed by atoms with E-state index in [0.29, 0.717) is 22.5 Å². The molecule has 0 bridgehead atoms. The summed E-state index contributed by atoms with van der Waals surface area (Å²) >= 11 is 0. The van der Waals surface area contributed by atoms with E-state index in [4.69, 9.17) is 16.2 Å². The minimum atomic E-state index is -0.392. The largest absolute Gasteiger partial charge is 0.398 e. The normalized spacial score (nSPS) is 16.2. The first kappa shape index (κ1) is 23.7. The Morgan fingerprint density at radius 2 is 1.17 bits per heavy atom. The first-order valence-electron chi connectivity index (χ1n) is 11.3. The van der Waals surface area contributed by atoms with Gasteiger partial charge in [-0.1, -0.05) is 91.0 Å². The minimum absolute atomic E-state index is 0.0399. The van der Waals surface area contributed by atoms with Gasteiger partial charge < -0.3 is 16.2 Å². The molecule has 1 aliphatic rings. The van der Waals surface area contributed by atoms with Crippen molar-refractivity contribution in [3.63, 3.8) is 0 Å². The third-order valence-corrected chi connectivity index (χ3v) is 5.56. The smallest absolute Gasteiger partial charge is 0.196 e. The summed E-state index contributed by atoms with van der Waals surface area (Å²) in [7, 11) is 0. The van der Waals surface area contributed by atoms with Crippen LogP contribution in [0.2, 0.25) is 0 Å². The Balaban J connectivity index is 0.000000165. The molecule has 5 heteroatoms. The highest BCUT2D eigenvalue weighted by atomic mass is 16.6. The number of ether oxygens (including phenoxy) is 1. The molecule has 0 saturated carbocycles. The number of carbonyl (C=O) groups excluding carboxylic acids is 2. The van der Waals surface area contributed by atoms with E-state index in [2.05, 4.69) is 0 Å². The second-order valence-corrected chi connectivity index (χ2v) is 8.03. The first-order chi connectivity index (χ1) is 17.0. The van der Waals surface area contributed by atoms with Crippen molar-refractivity contribution in [3.05, 3.63) is 138 Å². The summed E-state index contributed by atoms with van der Waals surface area (Å²) in [4.78, 5) is 24.1. The average molecular weight is 463 g/mol. The van der Waals surface area contributed by atoms with Gasteiger partial charge in [-0.2, -0.15) is 0 Å². The highest BCUT2D eigenvalue weighted by Crippen LogP contribution is 2.41. The van der Waals surface area contributed by atoms with Crippen LogP contribution in [0.5, 0.6) is 0 Å². The molecule has 1 unspecified atom stereocenters. The van der Waals surface area contributed by atoms with Crippen LogP contribution >= 0.6 is 0 Å². The molecule has 0 aliphatic carbocycles. The number of nitrogen functional groups attached to an aromatic ring is 2. The van der Waals surface area contributed by atoms with E-state index in [1.807, 2.05) is 78.9 Å². The minimum Gasteiger partial charge on any atom is -0.398 e. The van der Waals surface area contributed by atoms with Crippen molar-refractivity contribution in [2.45, 2.75) is 12.2 Å². The lowest BCUT2D eigenvalue weighted by molar-refractivity contribution is 0.0954. The summed E-state index contributed by atoms with van der Waals surface area (Å²) in [5, 5.41) is 0. The van der Waals surface area contributed by atoms with Gasteiger partial charge in [-0.15, -0.1) is 0 Å². The topological polar surface area (TPSA) is 98.7 Å². The summed E-state index contributed by atoms with van der Waals surface area (Å²) in [5.41, 5.74) is 15.7. The molecule has 2 atom stereocenters. The van der Waals surface area contributed by atoms with Crippen molar-refractivity contribution < 1.29 is 14.3 Å². The van der Waals surface area contributed by atoms with E-state index in [0.717, 1.165) is 11.1 Å². The van der Waals surface area contributed by atoms with E-state index < -0.39 is 6.10 Å². The van der Waals surface area contributed by atoms with Gasteiger partial charge in [0.1, 0.15) is 6.10 Å². The standard InChI is InChI=1S/C15H13NO2.C15H13NO/c16-12-9-5-4-8-11(12)13(17)15-14(18-15)10-6-2-1-3-7-10;16-14-9-5-4-8-13(14)15(17)11-10-12-6-2-1-3-7-12/h1-9,14-15H,16H2;1-11H,16H2/b;11-10+/t14?,15-;/m0./s1. The highest BCUT2D eigenvalue weighted by molar-refractivity contribution is 6.10. The molecule has 5 rings (SSSR count). The number of nitrogens with two attached hydrogens (primary N) is 2. The Hall–Kier alpha value is -4.48. The Morgan fingerprint density at radius 1 is 0.657 bits per heavy atom. The van der Waals surface area contributed by atoms with Crippen LogP contribution in [0.15, 0.2) is 115 Å². The van der Waals surface area contributed by atoms with Gasteiger partial charge >= 0.3 is 0 Å². The van der Waals surface area contributed by atoms with Gasteiger partial charge in [0.25, 0.3) is 0 Å². The summed E-state index contributed by atoms with van der Waals surface area (Å²) in [6.45, 7) is 0. The number of benzene rings is 4. The number of para-hydroxylation sites is 2.